The summed E-state index contributed by atoms with van der Waals surface area (Å²) < 4.78 is 5.61. The van der Waals surface area contributed by atoms with Gasteiger partial charge in [0, 0.05) is 18.2 Å². The number of benzene rings is 1. The van der Waals surface area contributed by atoms with Crippen molar-refractivity contribution in [1.29, 1.82) is 0 Å². The molecule has 0 spiro atoms. The van der Waals surface area contributed by atoms with Crippen LogP contribution in [-0.4, -0.2) is 12.6 Å². The summed E-state index contributed by atoms with van der Waals surface area (Å²) in [4.78, 5) is 0. The minimum absolute atomic E-state index is 0.546. The molecule has 17 heavy (non-hydrogen) atoms. The van der Waals surface area contributed by atoms with Crippen molar-refractivity contribution >= 4 is 0 Å². The van der Waals surface area contributed by atoms with Gasteiger partial charge < -0.3 is 10.1 Å². The molecule has 0 bridgehead atoms. The van der Waals surface area contributed by atoms with E-state index in [9.17, 15) is 0 Å². The number of hydrogen-bond donors (Lipinski definition) is 1. The zero-order chi connectivity index (χ0) is 12.7. The van der Waals surface area contributed by atoms with E-state index in [-0.39, 0.29) is 0 Å². The summed E-state index contributed by atoms with van der Waals surface area (Å²) in [6.07, 6.45) is 1.21. The van der Waals surface area contributed by atoms with E-state index in [1.165, 1.54) is 12.0 Å². The Kier molecular flexibility index (Phi) is 6.06. The molecular formula is C15H25NO. The Morgan fingerprint density at radius 2 is 1.88 bits per heavy atom. The molecule has 0 aliphatic rings. The Balaban J connectivity index is 2.50. The first kappa shape index (κ1) is 14.0. The molecule has 0 fully saturated rings. The van der Waals surface area contributed by atoms with Gasteiger partial charge >= 0.3 is 0 Å². The van der Waals surface area contributed by atoms with Crippen LogP contribution in [0.1, 0.15) is 39.7 Å². The van der Waals surface area contributed by atoms with Gasteiger partial charge in [0.15, 0.2) is 0 Å². The molecule has 0 saturated carbocycles. The van der Waals surface area contributed by atoms with Gasteiger partial charge in [-0.1, -0.05) is 32.0 Å². The number of rotatable bonds is 7. The maximum atomic E-state index is 5.61. The Bertz CT molecular complexity index is 322. The van der Waals surface area contributed by atoms with Crippen LogP contribution in [0, 0.1) is 5.92 Å². The molecule has 1 aromatic rings. The van der Waals surface area contributed by atoms with Crippen molar-refractivity contribution in [2.45, 2.75) is 46.7 Å². The second-order valence-electron chi connectivity index (χ2n) is 4.95. The van der Waals surface area contributed by atoms with Crippen molar-refractivity contribution in [1.82, 2.24) is 5.32 Å². The lowest BCUT2D eigenvalue weighted by atomic mass is 10.0. The fourth-order valence-electron chi connectivity index (χ4n) is 2.02. The summed E-state index contributed by atoms with van der Waals surface area (Å²) in [5.41, 5.74) is 1.24. The molecule has 1 rings (SSSR count). The molecule has 0 radical (unpaired) electrons. The number of hydrogen-bond acceptors (Lipinski definition) is 2. The molecule has 96 valence electrons. The van der Waals surface area contributed by atoms with Gasteiger partial charge in [0.2, 0.25) is 0 Å². The fraction of sp³-hybridized carbons (Fsp3) is 0.600. The van der Waals surface area contributed by atoms with Crippen molar-refractivity contribution < 1.29 is 4.74 Å². The van der Waals surface area contributed by atoms with Gasteiger partial charge in [-0.3, -0.25) is 0 Å². The zero-order valence-corrected chi connectivity index (χ0v) is 11.5. The Morgan fingerprint density at radius 3 is 2.53 bits per heavy atom. The van der Waals surface area contributed by atoms with Crippen LogP contribution in [0.5, 0.6) is 5.75 Å². The van der Waals surface area contributed by atoms with Crippen molar-refractivity contribution in [2.24, 2.45) is 5.92 Å². The van der Waals surface area contributed by atoms with Crippen LogP contribution >= 0.6 is 0 Å². The highest BCUT2D eigenvalue weighted by molar-refractivity contribution is 5.33. The van der Waals surface area contributed by atoms with Crippen molar-refractivity contribution in [3.05, 3.63) is 29.8 Å². The second kappa shape index (κ2) is 7.33. The second-order valence-corrected chi connectivity index (χ2v) is 4.95. The zero-order valence-electron chi connectivity index (χ0n) is 11.5. The highest BCUT2D eigenvalue weighted by Crippen LogP contribution is 2.18. The normalized spacial score (nSPS) is 12.8. The number of para-hydroxylation sites is 1. The van der Waals surface area contributed by atoms with Crippen LogP contribution in [0.4, 0.5) is 0 Å². The molecular weight excluding hydrogens is 210 g/mol. The molecule has 2 heteroatoms. The van der Waals surface area contributed by atoms with Gasteiger partial charge in [-0.15, -0.1) is 0 Å². The summed E-state index contributed by atoms with van der Waals surface area (Å²) in [7, 11) is 0. The van der Waals surface area contributed by atoms with Crippen LogP contribution < -0.4 is 10.1 Å². The standard InChI is InChI=1S/C15H25NO/c1-5-17-15-9-7-6-8-14(15)11-16-13(4)10-12(2)3/h6-9,12-13,16H,5,10-11H2,1-4H3. The largest absolute Gasteiger partial charge is 0.494 e. The van der Waals surface area contributed by atoms with Gasteiger partial charge in [-0.2, -0.15) is 0 Å². The van der Waals surface area contributed by atoms with E-state index in [4.69, 9.17) is 4.74 Å². The topological polar surface area (TPSA) is 21.3 Å². The van der Waals surface area contributed by atoms with Gasteiger partial charge in [0.05, 0.1) is 6.61 Å². The monoisotopic (exact) mass is 235 g/mol. The average molecular weight is 235 g/mol. The highest BCUT2D eigenvalue weighted by atomic mass is 16.5. The van der Waals surface area contributed by atoms with E-state index in [0.29, 0.717) is 6.04 Å². The lowest BCUT2D eigenvalue weighted by Gasteiger charge is -2.17. The van der Waals surface area contributed by atoms with E-state index >= 15 is 0 Å². The van der Waals surface area contributed by atoms with Crippen molar-refractivity contribution in [2.75, 3.05) is 6.61 Å². The maximum absolute atomic E-state index is 5.61. The predicted octanol–water partition coefficient (Wildman–Crippen LogP) is 3.61. The molecule has 2 nitrogen and oxygen atoms in total. The summed E-state index contributed by atoms with van der Waals surface area (Å²) in [5, 5.41) is 3.55. The minimum atomic E-state index is 0.546. The first-order chi connectivity index (χ1) is 8.13. The third-order valence-corrected chi connectivity index (χ3v) is 2.74. The minimum Gasteiger partial charge on any atom is -0.494 e. The van der Waals surface area contributed by atoms with Crippen molar-refractivity contribution in [3.63, 3.8) is 0 Å². The molecule has 1 unspecified atom stereocenters. The summed E-state index contributed by atoms with van der Waals surface area (Å²) in [6.45, 7) is 10.4. The van der Waals surface area contributed by atoms with E-state index in [1.807, 2.05) is 19.1 Å². The van der Waals surface area contributed by atoms with Gasteiger partial charge in [-0.05, 0) is 32.3 Å². The smallest absolute Gasteiger partial charge is 0.123 e. The third-order valence-electron chi connectivity index (χ3n) is 2.74. The molecule has 0 aliphatic heterocycles. The van der Waals surface area contributed by atoms with Crippen LogP contribution in [0.2, 0.25) is 0 Å². The lowest BCUT2D eigenvalue weighted by Crippen LogP contribution is -2.27. The lowest BCUT2D eigenvalue weighted by molar-refractivity contribution is 0.334. The van der Waals surface area contributed by atoms with Gasteiger partial charge in [-0.25, -0.2) is 0 Å². The van der Waals surface area contributed by atoms with Crippen LogP contribution in [0.15, 0.2) is 24.3 Å². The first-order valence-electron chi connectivity index (χ1n) is 6.57. The van der Waals surface area contributed by atoms with Crippen LogP contribution in [0.25, 0.3) is 0 Å². The summed E-state index contributed by atoms with van der Waals surface area (Å²) in [6, 6.07) is 8.79. The molecule has 0 saturated heterocycles. The molecule has 0 heterocycles. The number of nitrogens with one attached hydrogen (secondary N) is 1. The molecule has 1 N–H and O–H groups in total. The number of ether oxygens (including phenoxy) is 1. The summed E-state index contributed by atoms with van der Waals surface area (Å²) in [5.74, 6) is 1.74. The molecule has 1 aromatic carbocycles. The van der Waals surface area contributed by atoms with Crippen LogP contribution in [-0.2, 0) is 6.54 Å². The maximum Gasteiger partial charge on any atom is 0.123 e. The SMILES string of the molecule is CCOc1ccccc1CNC(C)CC(C)C. The van der Waals surface area contributed by atoms with Crippen molar-refractivity contribution in [3.8, 4) is 5.75 Å². The molecule has 0 aliphatic carbocycles. The Hall–Kier alpha value is -1.02. The average Bonchev–Trinajstić information content (AvgIpc) is 2.27. The highest BCUT2D eigenvalue weighted by Gasteiger charge is 2.06. The Labute approximate surface area is 105 Å². The fourth-order valence-corrected chi connectivity index (χ4v) is 2.02. The van der Waals surface area contributed by atoms with E-state index < -0.39 is 0 Å². The third kappa shape index (κ3) is 5.22. The molecule has 0 amide bonds. The van der Waals surface area contributed by atoms with Gasteiger partial charge in [0.25, 0.3) is 0 Å². The Morgan fingerprint density at radius 1 is 1.18 bits per heavy atom. The first-order valence-corrected chi connectivity index (χ1v) is 6.57. The van der Waals surface area contributed by atoms with Gasteiger partial charge in [0.1, 0.15) is 5.75 Å². The summed E-state index contributed by atoms with van der Waals surface area (Å²) >= 11 is 0. The van der Waals surface area contributed by atoms with Crippen LogP contribution in [0.3, 0.4) is 0 Å². The molecule has 0 aromatic heterocycles. The van der Waals surface area contributed by atoms with E-state index in [0.717, 1.165) is 24.8 Å². The predicted molar refractivity (Wildman–Crippen MR) is 73.4 cm³/mol. The molecule has 1 atom stereocenters. The van der Waals surface area contributed by atoms with E-state index in [1.54, 1.807) is 0 Å². The van der Waals surface area contributed by atoms with E-state index in [2.05, 4.69) is 38.2 Å². The quantitative estimate of drug-likeness (QED) is 0.779.